The Kier molecular flexibility index (Phi) is 4.78. The lowest BCUT2D eigenvalue weighted by molar-refractivity contribution is -0.123. The van der Waals surface area contributed by atoms with E-state index in [0.717, 1.165) is 5.56 Å². The minimum Gasteiger partial charge on any atom is -0.279 e. The lowest BCUT2D eigenvalue weighted by Crippen LogP contribution is -2.51. The average molecular weight is 385 g/mol. The Bertz CT molecular complexity index is 1050. The molecule has 3 rings (SSSR count). The van der Waals surface area contributed by atoms with Crippen molar-refractivity contribution in [2.75, 3.05) is 4.72 Å². The number of amides is 4. The molecule has 2 aromatic carbocycles. The number of aryl methyl sites for hydroxylation is 1. The zero-order valence-electron chi connectivity index (χ0n) is 14.1. The van der Waals surface area contributed by atoms with E-state index in [9.17, 15) is 22.8 Å². The van der Waals surface area contributed by atoms with Crippen LogP contribution in [0.25, 0.3) is 6.08 Å². The molecule has 0 radical (unpaired) electrons. The van der Waals surface area contributed by atoms with Gasteiger partial charge in [-0.1, -0.05) is 35.9 Å². The van der Waals surface area contributed by atoms with Gasteiger partial charge < -0.3 is 0 Å². The number of barbiturate groups is 1. The third kappa shape index (κ3) is 4.04. The smallest absolute Gasteiger partial charge is 0.279 e. The number of hydrogen-bond acceptors (Lipinski definition) is 5. The molecule has 3 N–H and O–H groups in total. The summed E-state index contributed by atoms with van der Waals surface area (Å²) < 4.78 is 27.6. The maximum atomic E-state index is 12.6. The number of rotatable bonds is 4. The van der Waals surface area contributed by atoms with E-state index >= 15 is 0 Å². The Balaban J connectivity index is 1.96. The molecule has 138 valence electrons. The van der Waals surface area contributed by atoms with Gasteiger partial charge in [0.25, 0.3) is 21.8 Å². The Labute approximate surface area is 155 Å². The van der Waals surface area contributed by atoms with Crippen LogP contribution >= 0.6 is 0 Å². The monoisotopic (exact) mass is 385 g/mol. The zero-order chi connectivity index (χ0) is 19.6. The Hall–Kier alpha value is -3.46. The summed E-state index contributed by atoms with van der Waals surface area (Å²) >= 11 is 0. The first-order valence-corrected chi connectivity index (χ1v) is 9.31. The molecule has 1 saturated heterocycles. The van der Waals surface area contributed by atoms with Crippen molar-refractivity contribution in [2.24, 2.45) is 0 Å². The minimum atomic E-state index is -3.86. The second-order valence-corrected chi connectivity index (χ2v) is 7.48. The summed E-state index contributed by atoms with van der Waals surface area (Å²) in [5, 5.41) is 3.92. The Morgan fingerprint density at radius 3 is 2.11 bits per heavy atom. The highest BCUT2D eigenvalue weighted by molar-refractivity contribution is 7.92. The van der Waals surface area contributed by atoms with Gasteiger partial charge in [-0.15, -0.1) is 0 Å². The van der Waals surface area contributed by atoms with Gasteiger partial charge in [-0.05, 0) is 36.8 Å². The normalized spacial score (nSPS) is 14.4. The van der Waals surface area contributed by atoms with Gasteiger partial charge in [-0.25, -0.2) is 13.2 Å². The molecule has 0 bridgehead atoms. The van der Waals surface area contributed by atoms with Crippen molar-refractivity contribution in [3.05, 3.63) is 65.2 Å². The molecular weight excluding hydrogens is 370 g/mol. The molecule has 0 spiro atoms. The largest absolute Gasteiger partial charge is 0.328 e. The fraction of sp³-hybridized carbons (Fsp3) is 0.0556. The highest BCUT2D eigenvalue weighted by Gasteiger charge is 2.28. The van der Waals surface area contributed by atoms with Crippen LogP contribution in [0.15, 0.2) is 59.0 Å². The van der Waals surface area contributed by atoms with Crippen LogP contribution in [0.3, 0.4) is 0 Å². The summed E-state index contributed by atoms with van der Waals surface area (Å²) in [5.41, 5.74) is 1.09. The van der Waals surface area contributed by atoms with Crippen molar-refractivity contribution in [1.29, 1.82) is 0 Å². The summed E-state index contributed by atoms with van der Waals surface area (Å²) in [5.74, 6) is -1.72. The van der Waals surface area contributed by atoms with Gasteiger partial charge >= 0.3 is 6.03 Å². The molecule has 0 unspecified atom stereocenters. The number of urea groups is 1. The Morgan fingerprint density at radius 2 is 1.48 bits per heavy atom. The molecule has 0 aromatic heterocycles. The van der Waals surface area contributed by atoms with Crippen LogP contribution in [0.1, 0.15) is 11.1 Å². The van der Waals surface area contributed by atoms with Crippen LogP contribution in [0.5, 0.6) is 0 Å². The third-order valence-electron chi connectivity index (χ3n) is 3.78. The average Bonchev–Trinajstić information content (AvgIpc) is 2.59. The molecule has 0 aliphatic carbocycles. The van der Waals surface area contributed by atoms with Gasteiger partial charge in [-0.2, -0.15) is 0 Å². The highest BCUT2D eigenvalue weighted by Crippen LogP contribution is 2.23. The molecule has 0 atom stereocenters. The van der Waals surface area contributed by atoms with Crippen molar-refractivity contribution >= 4 is 39.6 Å². The fourth-order valence-electron chi connectivity index (χ4n) is 2.40. The molecule has 1 aliphatic heterocycles. The van der Waals surface area contributed by atoms with Crippen molar-refractivity contribution in [3.8, 4) is 0 Å². The van der Waals surface area contributed by atoms with Crippen LogP contribution < -0.4 is 15.4 Å². The molecule has 0 saturated carbocycles. The van der Waals surface area contributed by atoms with Crippen molar-refractivity contribution in [2.45, 2.75) is 11.8 Å². The minimum absolute atomic E-state index is 0.0781. The topological polar surface area (TPSA) is 121 Å². The molecule has 8 nitrogen and oxygen atoms in total. The highest BCUT2D eigenvalue weighted by atomic mass is 32.2. The fourth-order valence-corrected chi connectivity index (χ4v) is 3.49. The molecule has 4 amide bonds. The first-order valence-electron chi connectivity index (χ1n) is 7.83. The molecule has 2 aromatic rings. The van der Waals surface area contributed by atoms with Crippen molar-refractivity contribution < 1.29 is 22.8 Å². The first kappa shape index (κ1) is 18.3. The summed E-state index contributed by atoms with van der Waals surface area (Å²) in [6.07, 6.45) is 1.21. The third-order valence-corrected chi connectivity index (χ3v) is 5.16. The van der Waals surface area contributed by atoms with Crippen LogP contribution in [0.2, 0.25) is 0 Å². The van der Waals surface area contributed by atoms with Crippen molar-refractivity contribution in [1.82, 2.24) is 10.6 Å². The molecule has 1 aliphatic rings. The van der Waals surface area contributed by atoms with Crippen molar-refractivity contribution in [3.63, 3.8) is 0 Å². The molecule has 9 heteroatoms. The maximum Gasteiger partial charge on any atom is 0.328 e. The van der Waals surface area contributed by atoms with E-state index < -0.39 is 27.9 Å². The quantitative estimate of drug-likeness (QED) is 0.544. The zero-order valence-corrected chi connectivity index (χ0v) is 15.0. The summed E-state index contributed by atoms with van der Waals surface area (Å²) in [6, 6.07) is 11.7. The van der Waals surface area contributed by atoms with E-state index in [1.54, 1.807) is 24.3 Å². The second-order valence-electron chi connectivity index (χ2n) is 5.80. The van der Waals surface area contributed by atoms with Gasteiger partial charge in [0.15, 0.2) is 0 Å². The van der Waals surface area contributed by atoms with Crippen LogP contribution in [0, 0.1) is 6.92 Å². The van der Waals surface area contributed by atoms with E-state index in [0.29, 0.717) is 5.56 Å². The summed E-state index contributed by atoms with van der Waals surface area (Å²) in [4.78, 5) is 35.0. The van der Waals surface area contributed by atoms with Crippen LogP contribution in [-0.2, 0) is 19.6 Å². The van der Waals surface area contributed by atoms with E-state index in [2.05, 4.69) is 4.72 Å². The lowest BCUT2D eigenvalue weighted by Gasteiger charge is -2.15. The van der Waals surface area contributed by atoms with E-state index in [1.807, 2.05) is 17.6 Å². The molecular formula is C18H15N3O5S. The number of hydrogen-bond donors (Lipinski definition) is 3. The number of para-hydroxylation sites is 1. The Morgan fingerprint density at radius 1 is 0.889 bits per heavy atom. The van der Waals surface area contributed by atoms with Gasteiger partial charge in [0.1, 0.15) is 5.57 Å². The second kappa shape index (κ2) is 7.04. The predicted molar refractivity (Wildman–Crippen MR) is 98.1 cm³/mol. The first-order chi connectivity index (χ1) is 12.8. The number of carbonyl (C=O) groups excluding carboxylic acids is 3. The standard InChI is InChI=1S/C18H15N3O5S/c1-11-6-8-13(9-7-11)27(25,26)21-15-5-3-2-4-12(15)10-14-16(22)19-18(24)20-17(14)23/h2-10,21H,1H3,(H2,19,20,22,23,24). The number of carbonyl (C=O) groups is 3. The molecule has 27 heavy (non-hydrogen) atoms. The van der Waals surface area contributed by atoms with Gasteiger partial charge in [0.05, 0.1) is 10.6 Å². The number of nitrogens with one attached hydrogen (secondary N) is 3. The van der Waals surface area contributed by atoms with Crippen LogP contribution in [0.4, 0.5) is 10.5 Å². The van der Waals surface area contributed by atoms with Gasteiger partial charge in [-0.3, -0.25) is 24.9 Å². The number of sulfonamides is 1. The van der Waals surface area contributed by atoms with Crippen LogP contribution in [-0.4, -0.2) is 26.3 Å². The van der Waals surface area contributed by atoms with E-state index in [1.165, 1.54) is 30.3 Å². The number of anilines is 1. The summed E-state index contributed by atoms with van der Waals surface area (Å²) in [6.45, 7) is 1.84. The maximum absolute atomic E-state index is 12.6. The van der Waals surface area contributed by atoms with E-state index in [-0.39, 0.29) is 16.2 Å². The van der Waals surface area contributed by atoms with E-state index in [4.69, 9.17) is 0 Å². The molecule has 1 fully saturated rings. The molecule has 1 heterocycles. The van der Waals surface area contributed by atoms with Gasteiger partial charge in [0.2, 0.25) is 0 Å². The number of benzene rings is 2. The lowest BCUT2D eigenvalue weighted by atomic mass is 10.1. The summed E-state index contributed by atoms with van der Waals surface area (Å²) in [7, 11) is -3.86. The predicted octanol–water partition coefficient (Wildman–Crippen LogP) is 1.55. The SMILES string of the molecule is Cc1ccc(S(=O)(=O)Nc2ccccc2C=C2C(=O)NC(=O)NC2=O)cc1. The number of imide groups is 2. The van der Waals surface area contributed by atoms with Gasteiger partial charge in [0, 0.05) is 0 Å².